The Hall–Kier alpha value is -1.81. The number of ether oxygens (including phenoxy) is 1. The third-order valence-corrected chi connectivity index (χ3v) is 3.74. The highest BCUT2D eigenvalue weighted by molar-refractivity contribution is 7.90. The van der Waals surface area contributed by atoms with Crippen LogP contribution in [0.15, 0.2) is 47.4 Å². The monoisotopic (exact) mass is 275 g/mol. The summed E-state index contributed by atoms with van der Waals surface area (Å²) in [6, 6.07) is 15.8. The van der Waals surface area contributed by atoms with E-state index in [0.717, 1.165) is 17.4 Å². The van der Waals surface area contributed by atoms with Crippen molar-refractivity contribution in [2.24, 2.45) is 0 Å². The van der Waals surface area contributed by atoms with Gasteiger partial charge in [-0.2, -0.15) is 0 Å². The molecule has 0 saturated carbocycles. The van der Waals surface area contributed by atoms with Crippen LogP contribution in [0.5, 0.6) is 5.75 Å². The molecule has 0 bridgehead atoms. The standard InChI is InChI=1S/C15H15O3S/c1-12-8-9-14(19(2,16)17)10-15(12)18-11-13-6-4-3-5-7-13/h3-9H,11H2,1-2H3. The smallest absolute Gasteiger partial charge is 0.176 e. The van der Waals surface area contributed by atoms with Gasteiger partial charge in [-0.15, -0.1) is 0 Å². The van der Waals surface area contributed by atoms with Gasteiger partial charge in [-0.05, 0) is 24.1 Å². The summed E-state index contributed by atoms with van der Waals surface area (Å²) in [6.45, 7) is 2.26. The van der Waals surface area contributed by atoms with Crippen LogP contribution in [-0.4, -0.2) is 14.7 Å². The van der Waals surface area contributed by atoms with Crippen molar-refractivity contribution in [3.05, 3.63) is 59.7 Å². The molecule has 0 spiro atoms. The first-order chi connectivity index (χ1) is 8.97. The van der Waals surface area contributed by atoms with Crippen molar-refractivity contribution >= 4 is 9.84 Å². The van der Waals surface area contributed by atoms with E-state index >= 15 is 0 Å². The molecule has 0 aliphatic carbocycles. The van der Waals surface area contributed by atoms with Crippen LogP contribution in [0.1, 0.15) is 11.1 Å². The van der Waals surface area contributed by atoms with Crippen LogP contribution in [0.4, 0.5) is 0 Å². The van der Waals surface area contributed by atoms with E-state index in [0.29, 0.717) is 12.4 Å². The fraction of sp³-hybridized carbons (Fsp3) is 0.200. The maximum Gasteiger partial charge on any atom is 0.176 e. The lowest BCUT2D eigenvalue weighted by Gasteiger charge is -2.10. The maximum atomic E-state index is 11.5. The van der Waals surface area contributed by atoms with Gasteiger partial charge in [-0.1, -0.05) is 36.4 Å². The quantitative estimate of drug-likeness (QED) is 0.861. The second-order valence-corrected chi connectivity index (χ2v) is 6.37. The molecule has 0 aromatic heterocycles. The first-order valence-corrected chi connectivity index (χ1v) is 7.75. The summed E-state index contributed by atoms with van der Waals surface area (Å²) in [6.07, 6.45) is 1.16. The third kappa shape index (κ3) is 3.58. The van der Waals surface area contributed by atoms with Crippen LogP contribution < -0.4 is 4.74 Å². The summed E-state index contributed by atoms with van der Waals surface area (Å²) in [5.74, 6) is 0.478. The predicted octanol–water partition coefficient (Wildman–Crippen LogP) is 2.78. The van der Waals surface area contributed by atoms with Gasteiger partial charge < -0.3 is 4.74 Å². The molecule has 19 heavy (non-hydrogen) atoms. The van der Waals surface area contributed by atoms with Gasteiger partial charge in [0.05, 0.1) is 4.90 Å². The number of aryl methyl sites for hydroxylation is 1. The molecule has 1 radical (unpaired) electrons. The minimum absolute atomic E-state index is 0.154. The average molecular weight is 275 g/mol. The van der Waals surface area contributed by atoms with E-state index in [2.05, 4.69) is 6.07 Å². The van der Waals surface area contributed by atoms with Crippen LogP contribution in [0.25, 0.3) is 0 Å². The molecule has 0 amide bonds. The van der Waals surface area contributed by atoms with Crippen molar-refractivity contribution in [1.82, 2.24) is 0 Å². The predicted molar refractivity (Wildman–Crippen MR) is 73.9 cm³/mol. The van der Waals surface area contributed by atoms with Gasteiger partial charge in [0.1, 0.15) is 12.4 Å². The van der Waals surface area contributed by atoms with E-state index in [-0.39, 0.29) is 4.90 Å². The minimum atomic E-state index is -3.26. The zero-order valence-corrected chi connectivity index (χ0v) is 11.7. The van der Waals surface area contributed by atoms with Crippen LogP contribution in [-0.2, 0) is 16.4 Å². The molecule has 0 saturated heterocycles. The number of benzene rings is 2. The van der Waals surface area contributed by atoms with Gasteiger partial charge in [-0.3, -0.25) is 0 Å². The second kappa shape index (κ2) is 5.45. The van der Waals surface area contributed by atoms with E-state index in [4.69, 9.17) is 4.74 Å². The molecule has 3 nitrogen and oxygen atoms in total. The zero-order chi connectivity index (χ0) is 13.9. The number of rotatable bonds is 4. The Bertz CT molecular complexity index is 661. The molecule has 0 N–H and O–H groups in total. The number of sulfone groups is 1. The molecule has 0 unspecified atom stereocenters. The fourth-order valence-corrected chi connectivity index (χ4v) is 2.22. The molecule has 2 aromatic rings. The van der Waals surface area contributed by atoms with Crippen molar-refractivity contribution in [1.29, 1.82) is 0 Å². The third-order valence-electron chi connectivity index (χ3n) is 2.71. The highest BCUT2D eigenvalue weighted by Crippen LogP contribution is 2.22. The molecular formula is C15H15O3S. The van der Waals surface area contributed by atoms with Crippen LogP contribution in [0.2, 0.25) is 0 Å². The first kappa shape index (κ1) is 13.6. The molecular weight excluding hydrogens is 260 g/mol. The summed E-state index contributed by atoms with van der Waals surface area (Å²) in [5.41, 5.74) is 1.89. The van der Waals surface area contributed by atoms with Crippen molar-refractivity contribution in [2.75, 3.05) is 6.26 Å². The lowest BCUT2D eigenvalue weighted by atomic mass is 10.2. The molecule has 99 valence electrons. The van der Waals surface area contributed by atoms with Gasteiger partial charge in [0.25, 0.3) is 0 Å². The van der Waals surface area contributed by atoms with Crippen molar-refractivity contribution in [3.63, 3.8) is 0 Å². The van der Waals surface area contributed by atoms with Crippen molar-refractivity contribution in [2.45, 2.75) is 18.4 Å². The molecule has 0 aliphatic heterocycles. The van der Waals surface area contributed by atoms with Crippen molar-refractivity contribution < 1.29 is 13.2 Å². The molecule has 0 heterocycles. The van der Waals surface area contributed by atoms with Crippen LogP contribution in [0.3, 0.4) is 0 Å². The highest BCUT2D eigenvalue weighted by Gasteiger charge is 2.11. The lowest BCUT2D eigenvalue weighted by Crippen LogP contribution is -2.01. The summed E-state index contributed by atoms with van der Waals surface area (Å²) in [7, 11) is -3.26. The summed E-state index contributed by atoms with van der Waals surface area (Å²) in [4.78, 5) is 0.154. The fourth-order valence-electron chi connectivity index (χ4n) is 1.62. The zero-order valence-electron chi connectivity index (χ0n) is 10.9. The Morgan fingerprint density at radius 3 is 2.42 bits per heavy atom. The largest absolute Gasteiger partial charge is 0.488 e. The first-order valence-electron chi connectivity index (χ1n) is 5.86. The summed E-state index contributed by atoms with van der Waals surface area (Å²) >= 11 is 0. The minimum Gasteiger partial charge on any atom is -0.488 e. The van der Waals surface area contributed by atoms with Gasteiger partial charge in [0, 0.05) is 12.3 Å². The Kier molecular flexibility index (Phi) is 3.90. The van der Waals surface area contributed by atoms with E-state index < -0.39 is 9.84 Å². The van der Waals surface area contributed by atoms with E-state index in [1.54, 1.807) is 12.1 Å². The van der Waals surface area contributed by atoms with E-state index in [1.165, 1.54) is 0 Å². The van der Waals surface area contributed by atoms with Crippen LogP contribution in [0, 0.1) is 13.0 Å². The molecule has 2 rings (SSSR count). The molecule has 0 fully saturated rings. The summed E-state index contributed by atoms with van der Waals surface area (Å²) in [5, 5.41) is 0. The van der Waals surface area contributed by atoms with Gasteiger partial charge in [0.15, 0.2) is 9.84 Å². The SMILES string of the molecule is Cc1ccc(S(C)(=O)=O)[c]c1OCc1ccccc1. The molecule has 4 heteroatoms. The Balaban J connectivity index is 2.21. The normalized spacial score (nSPS) is 11.3. The lowest BCUT2D eigenvalue weighted by molar-refractivity contribution is 0.302. The Labute approximate surface area is 113 Å². The average Bonchev–Trinajstić information content (AvgIpc) is 2.37. The number of hydrogen-bond acceptors (Lipinski definition) is 3. The Morgan fingerprint density at radius 2 is 1.79 bits per heavy atom. The number of hydrogen-bond donors (Lipinski definition) is 0. The van der Waals surface area contributed by atoms with Gasteiger partial charge in [-0.25, -0.2) is 8.42 Å². The molecule has 0 atom stereocenters. The van der Waals surface area contributed by atoms with Crippen LogP contribution >= 0.6 is 0 Å². The maximum absolute atomic E-state index is 11.5. The second-order valence-electron chi connectivity index (χ2n) is 4.38. The van der Waals surface area contributed by atoms with E-state index in [1.807, 2.05) is 37.3 Å². The highest BCUT2D eigenvalue weighted by atomic mass is 32.2. The molecule has 2 aromatic carbocycles. The Morgan fingerprint density at radius 1 is 1.11 bits per heavy atom. The summed E-state index contributed by atoms with van der Waals surface area (Å²) < 4.78 is 28.6. The van der Waals surface area contributed by atoms with Gasteiger partial charge in [0.2, 0.25) is 0 Å². The molecule has 0 aliphatic rings. The van der Waals surface area contributed by atoms with E-state index in [9.17, 15) is 8.42 Å². The van der Waals surface area contributed by atoms with Gasteiger partial charge >= 0.3 is 0 Å². The topological polar surface area (TPSA) is 43.4 Å². The van der Waals surface area contributed by atoms with Crippen molar-refractivity contribution in [3.8, 4) is 5.75 Å².